The van der Waals surface area contributed by atoms with E-state index in [1.54, 1.807) is 48.5 Å². The van der Waals surface area contributed by atoms with Gasteiger partial charge in [-0.1, -0.05) is 78.9 Å². The van der Waals surface area contributed by atoms with Crippen molar-refractivity contribution in [2.24, 2.45) is 11.8 Å². The van der Waals surface area contributed by atoms with E-state index in [0.717, 1.165) is 16.7 Å². The van der Waals surface area contributed by atoms with Gasteiger partial charge in [-0.3, -0.25) is 0 Å². The maximum atomic E-state index is 13.5. The minimum atomic E-state index is -3.88. The molecule has 3 aromatic carbocycles. The third kappa shape index (κ3) is 4.89. The molecule has 0 aliphatic carbocycles. The molecule has 5 nitrogen and oxygen atoms in total. The number of nitrogens with zero attached hydrogens (tertiary/aromatic N) is 1. The lowest BCUT2D eigenvalue weighted by Crippen LogP contribution is -2.29. The van der Waals surface area contributed by atoms with Gasteiger partial charge < -0.3 is 0 Å². The van der Waals surface area contributed by atoms with Crippen molar-refractivity contribution in [2.75, 3.05) is 13.1 Å². The largest absolute Gasteiger partial charge is 0.243 e. The molecular formula is C28H29NO4S2. The number of sulfone groups is 1. The zero-order valence-corrected chi connectivity index (χ0v) is 21.5. The Morgan fingerprint density at radius 2 is 1.20 bits per heavy atom. The minimum Gasteiger partial charge on any atom is -0.219 e. The molecule has 0 saturated carbocycles. The van der Waals surface area contributed by atoms with Gasteiger partial charge in [0.2, 0.25) is 19.9 Å². The van der Waals surface area contributed by atoms with Crippen LogP contribution in [0, 0.1) is 25.7 Å². The first kappa shape index (κ1) is 25.1. The molecule has 35 heavy (non-hydrogen) atoms. The Morgan fingerprint density at radius 1 is 0.714 bits per heavy atom. The predicted molar refractivity (Wildman–Crippen MR) is 140 cm³/mol. The van der Waals surface area contributed by atoms with Crippen LogP contribution in [0.15, 0.2) is 107 Å². The van der Waals surface area contributed by atoms with Crippen LogP contribution < -0.4 is 0 Å². The van der Waals surface area contributed by atoms with E-state index in [1.807, 2.05) is 44.2 Å². The molecule has 0 radical (unpaired) electrons. The molecule has 0 N–H and O–H groups in total. The second-order valence-electron chi connectivity index (χ2n) is 9.02. The van der Waals surface area contributed by atoms with Crippen molar-refractivity contribution in [3.8, 4) is 0 Å². The number of aryl methyl sites for hydroxylation is 2. The predicted octanol–water partition coefficient (Wildman–Crippen LogP) is 5.24. The fourth-order valence-electron chi connectivity index (χ4n) is 4.44. The van der Waals surface area contributed by atoms with Gasteiger partial charge >= 0.3 is 0 Å². The summed E-state index contributed by atoms with van der Waals surface area (Å²) in [7, 11) is -7.71. The second kappa shape index (κ2) is 9.57. The molecule has 1 fully saturated rings. The SMILES string of the molecule is C=C(c1ccccc1)[C@@H]1CN(S(=O)(=O)c2ccc(C)cc2)C[C@H]1C(=C)S(=O)(=O)c1ccc(C)cc1. The summed E-state index contributed by atoms with van der Waals surface area (Å²) in [6.45, 7) is 12.1. The highest BCUT2D eigenvalue weighted by molar-refractivity contribution is 7.95. The first-order valence-corrected chi connectivity index (χ1v) is 14.3. The summed E-state index contributed by atoms with van der Waals surface area (Å²) in [4.78, 5) is 0.335. The quantitative estimate of drug-likeness (QED) is 0.438. The van der Waals surface area contributed by atoms with Gasteiger partial charge in [0.25, 0.3) is 0 Å². The molecule has 0 aromatic heterocycles. The summed E-state index contributed by atoms with van der Waals surface area (Å²) in [6.07, 6.45) is 0. The fraction of sp³-hybridized carbons (Fsp3) is 0.214. The van der Waals surface area contributed by atoms with Crippen LogP contribution in [-0.4, -0.2) is 34.2 Å². The van der Waals surface area contributed by atoms with Crippen molar-refractivity contribution >= 4 is 25.4 Å². The average molecular weight is 508 g/mol. The molecule has 0 unspecified atom stereocenters. The van der Waals surface area contributed by atoms with Crippen LogP contribution in [0.1, 0.15) is 16.7 Å². The fourth-order valence-corrected chi connectivity index (χ4v) is 7.36. The number of hydrogen-bond acceptors (Lipinski definition) is 4. The number of rotatable bonds is 7. The van der Waals surface area contributed by atoms with Crippen LogP contribution >= 0.6 is 0 Å². The van der Waals surface area contributed by atoms with E-state index in [4.69, 9.17) is 0 Å². The molecule has 7 heteroatoms. The summed E-state index contributed by atoms with van der Waals surface area (Å²) in [5, 5.41) is 0. The van der Waals surface area contributed by atoms with Crippen molar-refractivity contribution in [3.05, 3.63) is 114 Å². The van der Waals surface area contributed by atoms with Crippen LogP contribution in [-0.2, 0) is 19.9 Å². The average Bonchev–Trinajstić information content (AvgIpc) is 3.30. The van der Waals surface area contributed by atoms with E-state index >= 15 is 0 Å². The topological polar surface area (TPSA) is 71.5 Å². The van der Waals surface area contributed by atoms with Crippen LogP contribution in [0.5, 0.6) is 0 Å². The molecule has 0 amide bonds. The van der Waals surface area contributed by atoms with Crippen LogP contribution in [0.25, 0.3) is 5.57 Å². The summed E-state index contributed by atoms with van der Waals surface area (Å²) in [6, 6.07) is 22.7. The molecule has 4 rings (SSSR count). The maximum Gasteiger partial charge on any atom is 0.243 e. The summed E-state index contributed by atoms with van der Waals surface area (Å²) < 4.78 is 55.3. The zero-order valence-electron chi connectivity index (χ0n) is 19.9. The van der Waals surface area contributed by atoms with Gasteiger partial charge in [0.05, 0.1) is 9.79 Å². The third-order valence-corrected chi connectivity index (χ3v) is 10.4. The first-order valence-electron chi connectivity index (χ1n) is 11.3. The van der Waals surface area contributed by atoms with Crippen molar-refractivity contribution in [3.63, 3.8) is 0 Å². The van der Waals surface area contributed by atoms with E-state index in [9.17, 15) is 16.8 Å². The lowest BCUT2D eigenvalue weighted by molar-refractivity contribution is 0.467. The van der Waals surface area contributed by atoms with Gasteiger partial charge in [-0.2, -0.15) is 4.31 Å². The van der Waals surface area contributed by atoms with Crippen molar-refractivity contribution in [1.82, 2.24) is 4.31 Å². The third-order valence-electron chi connectivity index (χ3n) is 6.63. The van der Waals surface area contributed by atoms with E-state index in [1.165, 1.54) is 4.31 Å². The second-order valence-corrected chi connectivity index (χ2v) is 13.0. The minimum absolute atomic E-state index is 0.00467. The highest BCUT2D eigenvalue weighted by Crippen LogP contribution is 2.42. The Bertz CT molecular complexity index is 1460. The molecule has 0 spiro atoms. The summed E-state index contributed by atoms with van der Waals surface area (Å²) in [5.74, 6) is -1.08. The Balaban J connectivity index is 1.73. The molecule has 182 valence electrons. The molecule has 1 heterocycles. The van der Waals surface area contributed by atoms with Crippen LogP contribution in [0.2, 0.25) is 0 Å². The molecule has 3 aromatic rings. The molecule has 1 saturated heterocycles. The summed E-state index contributed by atoms with van der Waals surface area (Å²) >= 11 is 0. The van der Waals surface area contributed by atoms with E-state index < -0.39 is 31.7 Å². The van der Waals surface area contributed by atoms with Crippen molar-refractivity contribution in [1.29, 1.82) is 0 Å². The number of sulfonamides is 1. The monoisotopic (exact) mass is 507 g/mol. The Labute approximate surface area is 208 Å². The molecule has 0 bridgehead atoms. The Hall–Kier alpha value is -3.00. The lowest BCUT2D eigenvalue weighted by Gasteiger charge is -2.23. The Morgan fingerprint density at radius 3 is 1.74 bits per heavy atom. The smallest absolute Gasteiger partial charge is 0.219 e. The molecule has 2 atom stereocenters. The zero-order chi connectivity index (χ0) is 25.4. The van der Waals surface area contributed by atoms with E-state index in [0.29, 0.717) is 5.57 Å². The van der Waals surface area contributed by atoms with Gasteiger partial charge in [0, 0.05) is 29.8 Å². The van der Waals surface area contributed by atoms with E-state index in [-0.39, 0.29) is 27.8 Å². The summed E-state index contributed by atoms with van der Waals surface area (Å²) in [5.41, 5.74) is 3.44. The molecule has 1 aliphatic heterocycles. The van der Waals surface area contributed by atoms with Gasteiger partial charge in [0.1, 0.15) is 0 Å². The van der Waals surface area contributed by atoms with Crippen molar-refractivity contribution < 1.29 is 16.8 Å². The normalized spacial score (nSPS) is 18.9. The maximum absolute atomic E-state index is 13.5. The van der Waals surface area contributed by atoms with Crippen LogP contribution in [0.3, 0.4) is 0 Å². The van der Waals surface area contributed by atoms with Gasteiger partial charge in [-0.25, -0.2) is 16.8 Å². The highest BCUT2D eigenvalue weighted by Gasteiger charge is 2.44. The van der Waals surface area contributed by atoms with Gasteiger partial charge in [0.15, 0.2) is 0 Å². The van der Waals surface area contributed by atoms with E-state index in [2.05, 4.69) is 13.2 Å². The molecule has 1 aliphatic rings. The number of hydrogen-bond donors (Lipinski definition) is 0. The standard InChI is InChI=1S/C28H29NO4S2/c1-20-10-14-25(15-11-20)34(30,31)23(4)28-19-29(35(32,33)26-16-12-21(2)13-17-26)18-27(28)22(3)24-8-6-5-7-9-24/h5-17,27-28H,3-4,18-19H2,1-2H3/t27-,28-/m0/s1. The molecular weight excluding hydrogens is 478 g/mol. The van der Waals surface area contributed by atoms with Crippen molar-refractivity contribution in [2.45, 2.75) is 23.6 Å². The first-order chi connectivity index (χ1) is 16.5. The Kier molecular flexibility index (Phi) is 6.86. The highest BCUT2D eigenvalue weighted by atomic mass is 32.2. The lowest BCUT2D eigenvalue weighted by atomic mass is 9.85. The number of benzene rings is 3. The van der Waals surface area contributed by atoms with Gasteiger partial charge in [-0.05, 0) is 49.2 Å². The van der Waals surface area contributed by atoms with Crippen LogP contribution in [0.4, 0.5) is 0 Å². The van der Waals surface area contributed by atoms with Gasteiger partial charge in [-0.15, -0.1) is 0 Å².